The summed E-state index contributed by atoms with van der Waals surface area (Å²) in [5.41, 5.74) is 1.73. The van der Waals surface area contributed by atoms with Crippen LogP contribution in [0.15, 0.2) is 76.5 Å². The van der Waals surface area contributed by atoms with Crippen LogP contribution in [0, 0.1) is 0 Å². The Balaban J connectivity index is 1.47. The van der Waals surface area contributed by atoms with E-state index in [1.165, 1.54) is 11.3 Å². The van der Waals surface area contributed by atoms with Crippen molar-refractivity contribution in [1.29, 1.82) is 0 Å². The Morgan fingerprint density at radius 1 is 0.833 bits per heavy atom. The lowest BCUT2D eigenvalue weighted by atomic mass is 10.2. The van der Waals surface area contributed by atoms with E-state index in [1.807, 2.05) is 11.4 Å². The van der Waals surface area contributed by atoms with Gasteiger partial charge in [-0.1, -0.05) is 35.3 Å². The van der Waals surface area contributed by atoms with Crippen molar-refractivity contribution in [2.45, 2.75) is 0 Å². The Morgan fingerprint density at radius 2 is 1.60 bits per heavy atom. The molecule has 8 heteroatoms. The molecule has 0 bridgehead atoms. The molecule has 0 radical (unpaired) electrons. The molecule has 0 saturated heterocycles. The number of thiophene rings is 1. The average Bonchev–Trinajstić information content (AvgIpc) is 3.41. The van der Waals surface area contributed by atoms with E-state index in [1.54, 1.807) is 60.7 Å². The molecule has 150 valence electrons. The molecule has 0 aliphatic carbocycles. The largest absolute Gasteiger partial charge is 0.451 e. The third kappa shape index (κ3) is 4.57. The quantitative estimate of drug-likeness (QED) is 0.346. The minimum Gasteiger partial charge on any atom is -0.451 e. The van der Waals surface area contributed by atoms with Gasteiger partial charge in [0.15, 0.2) is 5.76 Å². The zero-order chi connectivity index (χ0) is 21.1. The first-order valence-electron chi connectivity index (χ1n) is 8.81. The second-order valence-electron chi connectivity index (χ2n) is 6.25. The second-order valence-corrected chi connectivity index (χ2v) is 8.05. The number of benzene rings is 2. The second kappa shape index (κ2) is 8.75. The normalized spacial score (nSPS) is 10.6. The molecule has 2 N–H and O–H groups in total. The molecule has 2 heterocycles. The first-order chi connectivity index (χ1) is 14.5. The highest BCUT2D eigenvalue weighted by Gasteiger charge is 2.15. The Hall–Kier alpha value is -3.06. The number of hydrogen-bond acceptors (Lipinski definition) is 4. The van der Waals surface area contributed by atoms with E-state index in [-0.39, 0.29) is 11.7 Å². The molecule has 30 heavy (non-hydrogen) atoms. The number of halogens is 2. The van der Waals surface area contributed by atoms with E-state index >= 15 is 0 Å². The summed E-state index contributed by atoms with van der Waals surface area (Å²) in [4.78, 5) is 25.4. The minimum absolute atomic E-state index is 0.129. The first-order valence-corrected chi connectivity index (χ1v) is 10.4. The molecule has 2 aromatic carbocycles. The molecule has 0 atom stereocenters. The maximum absolute atomic E-state index is 12.6. The maximum atomic E-state index is 12.6. The lowest BCUT2D eigenvalue weighted by Gasteiger charge is -2.07. The fraction of sp³-hybridized carbons (Fsp3) is 0. The molecule has 0 fully saturated rings. The molecule has 0 aliphatic rings. The topological polar surface area (TPSA) is 71.3 Å². The van der Waals surface area contributed by atoms with Crippen molar-refractivity contribution in [1.82, 2.24) is 0 Å². The highest BCUT2D eigenvalue weighted by Crippen LogP contribution is 2.31. The van der Waals surface area contributed by atoms with Crippen molar-refractivity contribution >= 4 is 57.7 Å². The number of hydrogen-bond donors (Lipinski definition) is 2. The van der Waals surface area contributed by atoms with Gasteiger partial charge in [-0.3, -0.25) is 9.59 Å². The summed E-state index contributed by atoms with van der Waals surface area (Å²) in [7, 11) is 0. The Labute approximate surface area is 186 Å². The highest BCUT2D eigenvalue weighted by atomic mass is 35.5. The Kier molecular flexibility index (Phi) is 5.90. The van der Waals surface area contributed by atoms with Crippen LogP contribution < -0.4 is 10.6 Å². The number of rotatable bonds is 5. The van der Waals surface area contributed by atoms with Gasteiger partial charge in [-0.05, 0) is 60.0 Å². The van der Waals surface area contributed by atoms with E-state index in [0.29, 0.717) is 37.6 Å². The van der Waals surface area contributed by atoms with Gasteiger partial charge in [0, 0.05) is 22.0 Å². The Bertz CT molecular complexity index is 1220. The van der Waals surface area contributed by atoms with Gasteiger partial charge >= 0.3 is 0 Å². The summed E-state index contributed by atoms with van der Waals surface area (Å²) in [5.74, 6) is -0.0418. The van der Waals surface area contributed by atoms with Crippen LogP contribution >= 0.6 is 34.5 Å². The van der Waals surface area contributed by atoms with Crippen LogP contribution in [0.2, 0.25) is 10.0 Å². The number of carbonyl (C=O) groups excluding carboxylic acids is 2. The summed E-state index contributed by atoms with van der Waals surface area (Å²) < 4.78 is 5.66. The van der Waals surface area contributed by atoms with E-state index in [9.17, 15) is 9.59 Å². The lowest BCUT2D eigenvalue weighted by Crippen LogP contribution is -2.12. The molecule has 0 spiro atoms. The predicted octanol–water partition coefficient (Wildman–Crippen LogP) is 6.82. The molecular formula is C22H14Cl2N2O3S. The van der Waals surface area contributed by atoms with Crippen molar-refractivity contribution in [3.05, 3.63) is 92.8 Å². The van der Waals surface area contributed by atoms with E-state index in [4.69, 9.17) is 27.6 Å². The molecule has 5 nitrogen and oxygen atoms in total. The van der Waals surface area contributed by atoms with Gasteiger partial charge in [0.2, 0.25) is 0 Å². The van der Waals surface area contributed by atoms with Gasteiger partial charge in [-0.15, -0.1) is 11.3 Å². The fourth-order valence-corrected chi connectivity index (χ4v) is 3.88. The van der Waals surface area contributed by atoms with Crippen molar-refractivity contribution in [3.8, 4) is 11.3 Å². The standard InChI is InChI=1S/C22H14Cl2N2O3S/c23-13-6-7-16(17(24)11-13)18-8-9-19(29-18)21(27)25-14-3-1-4-15(12-14)26-22(28)20-5-2-10-30-20/h1-12H,(H,25,27)(H,26,28). The lowest BCUT2D eigenvalue weighted by molar-refractivity contribution is 0.0996. The van der Waals surface area contributed by atoms with Crippen LogP contribution in [0.3, 0.4) is 0 Å². The zero-order valence-corrected chi connectivity index (χ0v) is 17.6. The van der Waals surface area contributed by atoms with Gasteiger partial charge in [0.25, 0.3) is 11.8 Å². The first kappa shape index (κ1) is 20.2. The molecule has 0 aliphatic heterocycles. The summed E-state index contributed by atoms with van der Waals surface area (Å²) in [6, 6.07) is 18.7. The highest BCUT2D eigenvalue weighted by molar-refractivity contribution is 7.12. The molecule has 4 aromatic rings. The maximum Gasteiger partial charge on any atom is 0.291 e. The van der Waals surface area contributed by atoms with Crippen LogP contribution in [-0.4, -0.2) is 11.8 Å². The van der Waals surface area contributed by atoms with Crippen molar-refractivity contribution in [2.75, 3.05) is 10.6 Å². The van der Waals surface area contributed by atoms with Gasteiger partial charge in [-0.25, -0.2) is 0 Å². The van der Waals surface area contributed by atoms with Crippen LogP contribution in [0.4, 0.5) is 11.4 Å². The Morgan fingerprint density at radius 3 is 2.30 bits per heavy atom. The zero-order valence-electron chi connectivity index (χ0n) is 15.3. The third-order valence-corrected chi connectivity index (χ3v) is 5.57. The van der Waals surface area contributed by atoms with Gasteiger partial charge in [0.05, 0.1) is 9.90 Å². The summed E-state index contributed by atoms with van der Waals surface area (Å²) >= 11 is 13.5. The summed E-state index contributed by atoms with van der Waals surface area (Å²) in [6.45, 7) is 0. The molecular weight excluding hydrogens is 443 g/mol. The summed E-state index contributed by atoms with van der Waals surface area (Å²) in [5, 5.41) is 8.34. The van der Waals surface area contributed by atoms with Crippen LogP contribution in [-0.2, 0) is 0 Å². The number of anilines is 2. The summed E-state index contributed by atoms with van der Waals surface area (Å²) in [6.07, 6.45) is 0. The van der Waals surface area contributed by atoms with Gasteiger partial charge in [-0.2, -0.15) is 0 Å². The number of amides is 2. The average molecular weight is 457 g/mol. The minimum atomic E-state index is -0.423. The fourth-order valence-electron chi connectivity index (χ4n) is 2.76. The van der Waals surface area contributed by atoms with Crippen molar-refractivity contribution in [3.63, 3.8) is 0 Å². The molecule has 4 rings (SSSR count). The number of carbonyl (C=O) groups is 2. The molecule has 2 aromatic heterocycles. The number of furan rings is 1. The smallest absolute Gasteiger partial charge is 0.291 e. The molecule has 2 amide bonds. The molecule has 0 saturated carbocycles. The monoisotopic (exact) mass is 456 g/mol. The van der Waals surface area contributed by atoms with Crippen molar-refractivity contribution in [2.24, 2.45) is 0 Å². The van der Waals surface area contributed by atoms with Crippen LogP contribution in [0.5, 0.6) is 0 Å². The van der Waals surface area contributed by atoms with Gasteiger partial charge < -0.3 is 15.1 Å². The van der Waals surface area contributed by atoms with Crippen LogP contribution in [0.25, 0.3) is 11.3 Å². The SMILES string of the molecule is O=C(Nc1cccc(NC(=O)c2cccs2)c1)c1ccc(-c2ccc(Cl)cc2Cl)o1. The third-order valence-electron chi connectivity index (χ3n) is 4.15. The van der Waals surface area contributed by atoms with E-state index in [2.05, 4.69) is 10.6 Å². The predicted molar refractivity (Wildman–Crippen MR) is 121 cm³/mol. The van der Waals surface area contributed by atoms with E-state index in [0.717, 1.165) is 0 Å². The van der Waals surface area contributed by atoms with Crippen molar-refractivity contribution < 1.29 is 14.0 Å². The van der Waals surface area contributed by atoms with Gasteiger partial charge in [0.1, 0.15) is 5.76 Å². The van der Waals surface area contributed by atoms with Crippen LogP contribution in [0.1, 0.15) is 20.2 Å². The number of nitrogens with one attached hydrogen (secondary N) is 2. The van der Waals surface area contributed by atoms with E-state index < -0.39 is 5.91 Å². The molecule has 0 unspecified atom stereocenters.